The van der Waals surface area contributed by atoms with E-state index in [2.05, 4.69) is 5.32 Å². The summed E-state index contributed by atoms with van der Waals surface area (Å²) < 4.78 is 0. The lowest BCUT2D eigenvalue weighted by Gasteiger charge is -2.20. The Hall–Kier alpha value is -2.17. The molecule has 1 heterocycles. The molecule has 2 rings (SSSR count). The number of amides is 2. The molecule has 0 aliphatic carbocycles. The van der Waals surface area contributed by atoms with Crippen LogP contribution in [-0.2, 0) is 20.9 Å². The smallest absolute Gasteiger partial charge is 0.223 e. The summed E-state index contributed by atoms with van der Waals surface area (Å²) in [5.74, 6) is -0.254. The molecule has 1 saturated heterocycles. The molecule has 0 aromatic heterocycles. The molecule has 1 fully saturated rings. The first-order valence-electron chi connectivity index (χ1n) is 7.67. The maximum atomic E-state index is 12.0. The fraction of sp³-hybridized carbons (Fsp3) is 0.471. The minimum absolute atomic E-state index is 0.111. The number of carbonyl (C=O) groups is 3. The SMILES string of the molecule is Cc1ccc(CNC(=O)CCC(=O)N2CCC[C@H]2C=O)cc1. The van der Waals surface area contributed by atoms with Crippen LogP contribution >= 0.6 is 0 Å². The van der Waals surface area contributed by atoms with Gasteiger partial charge in [0.2, 0.25) is 11.8 Å². The van der Waals surface area contributed by atoms with Gasteiger partial charge in [0.15, 0.2) is 0 Å². The Morgan fingerprint density at radius 3 is 2.68 bits per heavy atom. The third-order valence-electron chi connectivity index (χ3n) is 3.95. The maximum Gasteiger partial charge on any atom is 0.223 e. The summed E-state index contributed by atoms with van der Waals surface area (Å²) in [6.07, 6.45) is 2.73. The van der Waals surface area contributed by atoms with E-state index in [9.17, 15) is 14.4 Å². The number of hydrogen-bond donors (Lipinski definition) is 1. The van der Waals surface area contributed by atoms with Gasteiger partial charge in [-0.3, -0.25) is 9.59 Å². The summed E-state index contributed by atoms with van der Waals surface area (Å²) in [6.45, 7) is 3.10. The fourth-order valence-electron chi connectivity index (χ4n) is 2.60. The average molecular weight is 302 g/mol. The molecule has 1 aromatic carbocycles. The molecule has 22 heavy (non-hydrogen) atoms. The van der Waals surface area contributed by atoms with E-state index in [1.165, 1.54) is 5.56 Å². The van der Waals surface area contributed by atoms with Gasteiger partial charge in [0.05, 0.1) is 6.04 Å². The molecule has 0 radical (unpaired) electrons. The second-order valence-electron chi connectivity index (χ2n) is 5.70. The molecule has 0 unspecified atom stereocenters. The van der Waals surface area contributed by atoms with Crippen LogP contribution in [0.15, 0.2) is 24.3 Å². The monoisotopic (exact) mass is 302 g/mol. The van der Waals surface area contributed by atoms with Crippen molar-refractivity contribution in [2.75, 3.05) is 6.54 Å². The Bertz CT molecular complexity index is 539. The minimum atomic E-state index is -0.303. The normalized spacial score (nSPS) is 17.3. The van der Waals surface area contributed by atoms with E-state index >= 15 is 0 Å². The van der Waals surface area contributed by atoms with Gasteiger partial charge in [0.25, 0.3) is 0 Å². The molecule has 1 aromatic rings. The van der Waals surface area contributed by atoms with Crippen LogP contribution in [0.2, 0.25) is 0 Å². The molecule has 118 valence electrons. The van der Waals surface area contributed by atoms with Crippen molar-refractivity contribution >= 4 is 18.1 Å². The second-order valence-corrected chi connectivity index (χ2v) is 5.70. The van der Waals surface area contributed by atoms with Gasteiger partial charge >= 0.3 is 0 Å². The number of nitrogens with one attached hydrogen (secondary N) is 1. The number of aryl methyl sites for hydroxylation is 1. The first-order valence-corrected chi connectivity index (χ1v) is 7.67. The Morgan fingerprint density at radius 1 is 1.27 bits per heavy atom. The number of hydrogen-bond acceptors (Lipinski definition) is 3. The molecule has 2 amide bonds. The van der Waals surface area contributed by atoms with E-state index in [1.807, 2.05) is 31.2 Å². The lowest BCUT2D eigenvalue weighted by atomic mass is 10.1. The number of aldehydes is 1. The molecule has 0 saturated carbocycles. The summed E-state index contributed by atoms with van der Waals surface area (Å²) in [5.41, 5.74) is 2.21. The topological polar surface area (TPSA) is 66.5 Å². The lowest BCUT2D eigenvalue weighted by Crippen LogP contribution is -2.37. The molecule has 5 nitrogen and oxygen atoms in total. The van der Waals surface area contributed by atoms with Gasteiger partial charge in [-0.25, -0.2) is 0 Å². The Balaban J connectivity index is 1.72. The fourth-order valence-corrected chi connectivity index (χ4v) is 2.60. The first-order chi connectivity index (χ1) is 10.6. The van der Waals surface area contributed by atoms with Gasteiger partial charge in [0.1, 0.15) is 6.29 Å². The highest BCUT2D eigenvalue weighted by Crippen LogP contribution is 2.16. The molecular formula is C17H22N2O3. The zero-order chi connectivity index (χ0) is 15.9. The molecule has 5 heteroatoms. The van der Waals surface area contributed by atoms with Gasteiger partial charge in [-0.15, -0.1) is 0 Å². The number of carbonyl (C=O) groups excluding carboxylic acids is 3. The van der Waals surface area contributed by atoms with E-state index < -0.39 is 0 Å². The quantitative estimate of drug-likeness (QED) is 0.811. The molecule has 0 spiro atoms. The predicted octanol–water partition coefficient (Wildman–Crippen LogP) is 1.58. The van der Waals surface area contributed by atoms with Crippen LogP contribution in [0.25, 0.3) is 0 Å². The largest absolute Gasteiger partial charge is 0.352 e. The molecule has 0 bridgehead atoms. The summed E-state index contributed by atoms with van der Waals surface area (Å²) in [6, 6.07) is 7.64. The summed E-state index contributed by atoms with van der Waals surface area (Å²) >= 11 is 0. The summed E-state index contributed by atoms with van der Waals surface area (Å²) in [5, 5.41) is 2.81. The molecule has 1 N–H and O–H groups in total. The summed E-state index contributed by atoms with van der Waals surface area (Å²) in [7, 11) is 0. The van der Waals surface area contributed by atoms with Crippen molar-refractivity contribution < 1.29 is 14.4 Å². The average Bonchev–Trinajstić information content (AvgIpc) is 3.00. The van der Waals surface area contributed by atoms with Crippen molar-refractivity contribution in [1.29, 1.82) is 0 Å². The molecule has 1 aliphatic rings. The maximum absolute atomic E-state index is 12.0. The second kappa shape index (κ2) is 7.73. The molecule has 1 aliphatic heterocycles. The van der Waals surface area contributed by atoms with Crippen LogP contribution in [0.1, 0.15) is 36.8 Å². The van der Waals surface area contributed by atoms with Crippen LogP contribution in [0.5, 0.6) is 0 Å². The highest BCUT2D eigenvalue weighted by atomic mass is 16.2. The van der Waals surface area contributed by atoms with Crippen molar-refractivity contribution in [1.82, 2.24) is 10.2 Å². The van der Waals surface area contributed by atoms with Crippen LogP contribution in [0, 0.1) is 6.92 Å². The van der Waals surface area contributed by atoms with Crippen molar-refractivity contribution in [3.63, 3.8) is 0 Å². The zero-order valence-corrected chi connectivity index (χ0v) is 12.9. The van der Waals surface area contributed by atoms with Crippen molar-refractivity contribution in [3.05, 3.63) is 35.4 Å². The van der Waals surface area contributed by atoms with Crippen molar-refractivity contribution in [2.24, 2.45) is 0 Å². The van der Waals surface area contributed by atoms with Gasteiger partial charge in [-0.1, -0.05) is 29.8 Å². The highest BCUT2D eigenvalue weighted by Gasteiger charge is 2.27. The van der Waals surface area contributed by atoms with E-state index in [0.717, 1.165) is 24.7 Å². The van der Waals surface area contributed by atoms with Gasteiger partial charge in [-0.05, 0) is 25.3 Å². The number of nitrogens with zero attached hydrogens (tertiary/aromatic N) is 1. The molecular weight excluding hydrogens is 280 g/mol. The Morgan fingerprint density at radius 2 is 2.00 bits per heavy atom. The number of rotatable bonds is 6. The predicted molar refractivity (Wildman–Crippen MR) is 83.1 cm³/mol. The first kappa shape index (κ1) is 16.2. The van der Waals surface area contributed by atoms with Crippen LogP contribution in [0.4, 0.5) is 0 Å². The lowest BCUT2D eigenvalue weighted by molar-refractivity contribution is -0.136. The highest BCUT2D eigenvalue weighted by molar-refractivity contribution is 5.85. The number of likely N-dealkylation sites (tertiary alicyclic amines) is 1. The Labute approximate surface area is 130 Å². The van der Waals surface area contributed by atoms with Gasteiger partial charge < -0.3 is 15.0 Å². The van der Waals surface area contributed by atoms with Gasteiger partial charge in [-0.2, -0.15) is 0 Å². The van der Waals surface area contributed by atoms with Crippen LogP contribution < -0.4 is 5.32 Å². The summed E-state index contributed by atoms with van der Waals surface area (Å²) in [4.78, 5) is 36.3. The van der Waals surface area contributed by atoms with Crippen molar-refractivity contribution in [2.45, 2.75) is 45.2 Å². The van der Waals surface area contributed by atoms with E-state index in [0.29, 0.717) is 13.1 Å². The zero-order valence-electron chi connectivity index (χ0n) is 12.9. The van der Waals surface area contributed by atoms with E-state index in [4.69, 9.17) is 0 Å². The van der Waals surface area contributed by atoms with E-state index in [1.54, 1.807) is 4.90 Å². The minimum Gasteiger partial charge on any atom is -0.352 e. The standard InChI is InChI=1S/C17H22N2O3/c1-13-4-6-14(7-5-13)11-18-16(21)8-9-17(22)19-10-2-3-15(19)12-20/h4-7,12,15H,2-3,8-11H2,1H3,(H,18,21)/t15-/m0/s1. The van der Waals surface area contributed by atoms with Crippen LogP contribution in [-0.4, -0.2) is 35.6 Å². The molecule has 1 atom stereocenters. The third kappa shape index (κ3) is 4.41. The van der Waals surface area contributed by atoms with Gasteiger partial charge in [0, 0.05) is 25.9 Å². The van der Waals surface area contributed by atoms with E-state index in [-0.39, 0.29) is 30.7 Å². The van der Waals surface area contributed by atoms with Crippen molar-refractivity contribution in [3.8, 4) is 0 Å². The van der Waals surface area contributed by atoms with Crippen LogP contribution in [0.3, 0.4) is 0 Å². The number of benzene rings is 1. The Kier molecular flexibility index (Phi) is 5.69. The third-order valence-corrected chi connectivity index (χ3v) is 3.95.